The predicted octanol–water partition coefficient (Wildman–Crippen LogP) is 5.81. The highest BCUT2D eigenvalue weighted by molar-refractivity contribution is 5.13. The molecule has 1 aromatic heterocycles. The number of rotatable bonds is 13. The van der Waals surface area contributed by atoms with Gasteiger partial charge in [0.1, 0.15) is 12.4 Å². The second kappa shape index (κ2) is 12.3. The van der Waals surface area contributed by atoms with E-state index in [2.05, 4.69) is 52.4 Å². The number of unbranched alkanes of at least 4 members (excludes halogenated alkanes) is 7. The molecule has 1 aliphatic carbocycles. The second-order valence-corrected chi connectivity index (χ2v) is 9.37. The molecule has 2 fully saturated rings. The Bertz CT molecular complexity index is 627. The minimum atomic E-state index is 0.308. The Labute approximate surface area is 185 Å². The standard InChI is InChI=1S/C26H45N4/c1-3-27-21-22-28(25-27)19-15-11-7-5-6-8-12-16-20-30-24-23-29(4-2)26(30)17-13-9-10-14-18-26/h3-4,21-22,25H,1-2,5-20,23-24H2/q+1. The summed E-state index contributed by atoms with van der Waals surface area (Å²) in [5, 5.41) is 0. The van der Waals surface area contributed by atoms with Gasteiger partial charge in [-0.3, -0.25) is 4.90 Å². The molecule has 4 heteroatoms. The molecule has 0 N–H and O–H groups in total. The highest BCUT2D eigenvalue weighted by Gasteiger charge is 2.44. The molecule has 1 spiro atoms. The van der Waals surface area contributed by atoms with Gasteiger partial charge in [-0.15, -0.1) is 0 Å². The van der Waals surface area contributed by atoms with Crippen LogP contribution in [0, 0.1) is 0 Å². The van der Waals surface area contributed by atoms with Crippen LogP contribution in [0.3, 0.4) is 0 Å². The van der Waals surface area contributed by atoms with Crippen molar-refractivity contribution in [3.05, 3.63) is 38.1 Å². The summed E-state index contributed by atoms with van der Waals surface area (Å²) in [5.41, 5.74) is 0.308. The third-order valence-electron chi connectivity index (χ3n) is 7.38. The molecule has 1 saturated carbocycles. The lowest BCUT2D eigenvalue weighted by Crippen LogP contribution is -2.51. The minimum Gasteiger partial charge on any atom is -0.359 e. The van der Waals surface area contributed by atoms with Gasteiger partial charge in [0.05, 0.1) is 18.4 Å². The third-order valence-corrected chi connectivity index (χ3v) is 7.38. The van der Waals surface area contributed by atoms with Gasteiger partial charge in [-0.1, -0.05) is 58.1 Å². The molecule has 1 saturated heterocycles. The van der Waals surface area contributed by atoms with E-state index in [1.54, 1.807) is 0 Å². The number of nitrogens with zero attached hydrogens (tertiary/aromatic N) is 4. The largest absolute Gasteiger partial charge is 0.359 e. The van der Waals surface area contributed by atoms with Gasteiger partial charge < -0.3 is 4.90 Å². The first-order valence-corrected chi connectivity index (χ1v) is 12.6. The SMILES string of the molecule is C=CN1CCN(CCCCCCCCCC[n+]2ccn(C=C)c2)C12CCCCCC2. The lowest BCUT2D eigenvalue weighted by atomic mass is 9.97. The van der Waals surface area contributed by atoms with E-state index < -0.39 is 0 Å². The van der Waals surface area contributed by atoms with Crippen molar-refractivity contribution in [1.29, 1.82) is 0 Å². The van der Waals surface area contributed by atoms with Crippen LogP contribution in [0.5, 0.6) is 0 Å². The summed E-state index contributed by atoms with van der Waals surface area (Å²) >= 11 is 0. The summed E-state index contributed by atoms with van der Waals surface area (Å²) in [7, 11) is 0. The van der Waals surface area contributed by atoms with Crippen LogP contribution in [0.2, 0.25) is 0 Å². The summed E-state index contributed by atoms with van der Waals surface area (Å²) in [4.78, 5) is 5.39. The maximum Gasteiger partial charge on any atom is 0.248 e. The van der Waals surface area contributed by atoms with E-state index in [4.69, 9.17) is 0 Å². The Morgan fingerprint density at radius 2 is 1.47 bits per heavy atom. The van der Waals surface area contributed by atoms with Crippen LogP contribution in [0.25, 0.3) is 6.20 Å². The number of hydrogen-bond donors (Lipinski definition) is 0. The van der Waals surface area contributed by atoms with E-state index in [9.17, 15) is 0 Å². The van der Waals surface area contributed by atoms with Crippen LogP contribution in [0.15, 0.2) is 38.1 Å². The molecular weight excluding hydrogens is 368 g/mol. The summed E-state index contributed by atoms with van der Waals surface area (Å²) < 4.78 is 4.27. The maximum absolute atomic E-state index is 4.12. The average molecular weight is 414 g/mol. The average Bonchev–Trinajstić information content (AvgIpc) is 3.27. The molecule has 30 heavy (non-hydrogen) atoms. The van der Waals surface area contributed by atoms with Crippen LogP contribution in [-0.4, -0.2) is 39.7 Å². The predicted molar refractivity (Wildman–Crippen MR) is 127 cm³/mol. The molecule has 2 heterocycles. The van der Waals surface area contributed by atoms with Gasteiger partial charge in [-0.2, -0.15) is 0 Å². The third kappa shape index (κ3) is 6.23. The van der Waals surface area contributed by atoms with E-state index in [1.165, 1.54) is 110 Å². The molecule has 0 aromatic carbocycles. The molecule has 3 rings (SSSR count). The number of aromatic nitrogens is 2. The van der Waals surface area contributed by atoms with Crippen molar-refractivity contribution in [2.75, 3.05) is 19.6 Å². The van der Waals surface area contributed by atoms with E-state index in [1.807, 2.05) is 10.8 Å². The summed E-state index contributed by atoms with van der Waals surface area (Å²) in [5.74, 6) is 0. The van der Waals surface area contributed by atoms with Crippen molar-refractivity contribution in [2.24, 2.45) is 0 Å². The Hall–Kier alpha value is -1.55. The Balaban J connectivity index is 1.23. The molecule has 4 nitrogen and oxygen atoms in total. The first-order valence-electron chi connectivity index (χ1n) is 12.6. The first kappa shape index (κ1) is 23.1. The van der Waals surface area contributed by atoms with Crippen LogP contribution < -0.4 is 4.57 Å². The van der Waals surface area contributed by atoms with Crippen LogP contribution in [-0.2, 0) is 6.54 Å². The first-order chi connectivity index (χ1) is 14.8. The highest BCUT2D eigenvalue weighted by Crippen LogP contribution is 2.39. The Morgan fingerprint density at radius 3 is 2.10 bits per heavy atom. The van der Waals surface area contributed by atoms with Gasteiger partial charge in [0.2, 0.25) is 6.33 Å². The second-order valence-electron chi connectivity index (χ2n) is 9.37. The van der Waals surface area contributed by atoms with Gasteiger partial charge in [-0.25, -0.2) is 9.13 Å². The van der Waals surface area contributed by atoms with Crippen LogP contribution in [0.1, 0.15) is 89.9 Å². The van der Waals surface area contributed by atoms with Gasteiger partial charge in [0, 0.05) is 19.6 Å². The van der Waals surface area contributed by atoms with E-state index in [-0.39, 0.29) is 0 Å². The van der Waals surface area contributed by atoms with E-state index in [0.717, 1.165) is 6.54 Å². The maximum atomic E-state index is 4.12. The van der Waals surface area contributed by atoms with Crippen molar-refractivity contribution < 1.29 is 4.57 Å². The van der Waals surface area contributed by atoms with Gasteiger partial charge in [0.25, 0.3) is 0 Å². The van der Waals surface area contributed by atoms with E-state index in [0.29, 0.717) is 5.66 Å². The smallest absolute Gasteiger partial charge is 0.248 e. The molecule has 1 aliphatic heterocycles. The summed E-state index contributed by atoms with van der Waals surface area (Å²) in [6.45, 7) is 12.7. The number of hydrogen-bond acceptors (Lipinski definition) is 2. The zero-order valence-corrected chi connectivity index (χ0v) is 19.3. The molecule has 168 valence electrons. The van der Waals surface area contributed by atoms with Crippen molar-refractivity contribution in [3.8, 4) is 0 Å². The quantitative estimate of drug-likeness (QED) is 0.299. The van der Waals surface area contributed by atoms with E-state index >= 15 is 0 Å². The number of imidazole rings is 1. The molecule has 0 radical (unpaired) electrons. The number of aryl methyl sites for hydroxylation is 1. The minimum absolute atomic E-state index is 0.308. The Morgan fingerprint density at radius 1 is 0.800 bits per heavy atom. The summed E-state index contributed by atoms with van der Waals surface area (Å²) in [6.07, 6.45) is 29.5. The lowest BCUT2D eigenvalue weighted by Gasteiger charge is -2.43. The highest BCUT2D eigenvalue weighted by atomic mass is 15.5. The molecule has 2 aliphatic rings. The Kier molecular flexibility index (Phi) is 9.51. The van der Waals surface area contributed by atoms with Gasteiger partial charge in [0.15, 0.2) is 0 Å². The fourth-order valence-corrected chi connectivity index (χ4v) is 5.61. The summed E-state index contributed by atoms with van der Waals surface area (Å²) in [6, 6.07) is 0. The fourth-order valence-electron chi connectivity index (χ4n) is 5.61. The van der Waals surface area contributed by atoms with Crippen molar-refractivity contribution in [2.45, 2.75) is 102 Å². The van der Waals surface area contributed by atoms with Crippen LogP contribution in [0.4, 0.5) is 0 Å². The molecule has 0 atom stereocenters. The normalized spacial score (nSPS) is 19.3. The molecule has 0 amide bonds. The molecule has 0 bridgehead atoms. The fraction of sp³-hybridized carbons (Fsp3) is 0.731. The lowest BCUT2D eigenvalue weighted by molar-refractivity contribution is -0.696. The monoisotopic (exact) mass is 413 g/mol. The molecule has 1 aromatic rings. The molecular formula is C26H45N4+. The van der Waals surface area contributed by atoms with Crippen molar-refractivity contribution in [3.63, 3.8) is 0 Å². The van der Waals surface area contributed by atoms with Crippen LogP contribution >= 0.6 is 0 Å². The van der Waals surface area contributed by atoms with Crippen molar-refractivity contribution >= 4 is 6.20 Å². The van der Waals surface area contributed by atoms with Gasteiger partial charge in [-0.05, 0) is 51.1 Å². The molecule has 0 unspecified atom stereocenters. The topological polar surface area (TPSA) is 15.3 Å². The zero-order valence-electron chi connectivity index (χ0n) is 19.3. The van der Waals surface area contributed by atoms with Gasteiger partial charge >= 0.3 is 0 Å². The zero-order chi connectivity index (χ0) is 21.1. The van der Waals surface area contributed by atoms with Crippen molar-refractivity contribution in [1.82, 2.24) is 14.4 Å².